The Morgan fingerprint density at radius 3 is 2.45 bits per heavy atom. The summed E-state index contributed by atoms with van der Waals surface area (Å²) in [5.74, 6) is 0.183. The molecule has 0 aliphatic carbocycles. The predicted octanol–water partition coefficient (Wildman–Crippen LogP) is 4.02. The van der Waals surface area contributed by atoms with Crippen molar-refractivity contribution >= 4 is 0 Å². The van der Waals surface area contributed by atoms with Gasteiger partial charge < -0.3 is 10.4 Å². The van der Waals surface area contributed by atoms with Crippen LogP contribution < -0.4 is 5.32 Å². The number of benzene rings is 2. The van der Waals surface area contributed by atoms with E-state index in [2.05, 4.69) is 31.3 Å². The average Bonchev–Trinajstić information content (AvgIpc) is 2.43. The van der Waals surface area contributed by atoms with Crippen molar-refractivity contribution in [1.82, 2.24) is 5.32 Å². The van der Waals surface area contributed by atoms with E-state index < -0.39 is 0 Å². The Morgan fingerprint density at radius 2 is 1.80 bits per heavy atom. The zero-order valence-corrected chi connectivity index (χ0v) is 11.8. The van der Waals surface area contributed by atoms with Crippen molar-refractivity contribution in [3.05, 3.63) is 65.5 Å². The van der Waals surface area contributed by atoms with Gasteiger partial charge in [-0.2, -0.15) is 0 Å². The standard InChI is InChI=1S/C17H20FNO/c1-12(2)17(13-6-4-3-5-7-13)19-11-14-10-15(18)8-9-16(14)20/h3-10,12,17,19-20H,11H2,1-2H3. The molecule has 2 nitrogen and oxygen atoms in total. The van der Waals surface area contributed by atoms with Crippen LogP contribution in [0, 0.1) is 11.7 Å². The Balaban J connectivity index is 2.12. The van der Waals surface area contributed by atoms with E-state index in [1.807, 2.05) is 18.2 Å². The number of halogens is 1. The first-order valence-corrected chi connectivity index (χ1v) is 6.83. The van der Waals surface area contributed by atoms with Crippen molar-refractivity contribution in [1.29, 1.82) is 0 Å². The number of rotatable bonds is 5. The molecule has 0 bridgehead atoms. The molecule has 0 saturated carbocycles. The first-order chi connectivity index (χ1) is 9.58. The van der Waals surface area contributed by atoms with Crippen molar-refractivity contribution in [3.8, 4) is 5.75 Å². The topological polar surface area (TPSA) is 32.3 Å². The summed E-state index contributed by atoms with van der Waals surface area (Å²) in [6.07, 6.45) is 0. The van der Waals surface area contributed by atoms with Gasteiger partial charge in [0, 0.05) is 18.2 Å². The van der Waals surface area contributed by atoms with Gasteiger partial charge in [-0.15, -0.1) is 0 Å². The summed E-state index contributed by atoms with van der Waals surface area (Å²) in [4.78, 5) is 0. The molecule has 1 unspecified atom stereocenters. The summed E-state index contributed by atoms with van der Waals surface area (Å²) in [6.45, 7) is 4.70. The van der Waals surface area contributed by atoms with E-state index in [4.69, 9.17) is 0 Å². The number of hydrogen-bond acceptors (Lipinski definition) is 2. The van der Waals surface area contributed by atoms with Crippen LogP contribution in [0.25, 0.3) is 0 Å². The zero-order valence-electron chi connectivity index (χ0n) is 11.8. The molecule has 0 aliphatic heterocycles. The minimum atomic E-state index is -0.333. The van der Waals surface area contributed by atoms with E-state index in [0.29, 0.717) is 18.0 Å². The highest BCUT2D eigenvalue weighted by Gasteiger charge is 2.15. The maximum Gasteiger partial charge on any atom is 0.123 e. The molecule has 0 fully saturated rings. The summed E-state index contributed by atoms with van der Waals surface area (Å²) in [7, 11) is 0. The second-order valence-electron chi connectivity index (χ2n) is 5.29. The smallest absolute Gasteiger partial charge is 0.123 e. The Hall–Kier alpha value is -1.87. The fraction of sp³-hybridized carbons (Fsp3) is 0.294. The number of phenols is 1. The molecule has 0 heterocycles. The molecular weight excluding hydrogens is 253 g/mol. The van der Waals surface area contributed by atoms with E-state index in [9.17, 15) is 9.50 Å². The number of phenolic OH excluding ortho intramolecular Hbond substituents is 1. The molecule has 0 saturated heterocycles. The highest BCUT2D eigenvalue weighted by atomic mass is 19.1. The molecule has 0 amide bonds. The fourth-order valence-corrected chi connectivity index (χ4v) is 2.31. The van der Waals surface area contributed by atoms with Crippen LogP contribution in [-0.4, -0.2) is 5.11 Å². The van der Waals surface area contributed by atoms with Gasteiger partial charge in [-0.3, -0.25) is 0 Å². The Bertz CT molecular complexity index is 554. The van der Waals surface area contributed by atoms with Crippen LogP contribution in [0.15, 0.2) is 48.5 Å². The molecule has 1 atom stereocenters. The molecule has 2 aromatic carbocycles. The largest absolute Gasteiger partial charge is 0.508 e. The lowest BCUT2D eigenvalue weighted by Crippen LogP contribution is -2.25. The third-order valence-corrected chi connectivity index (χ3v) is 3.38. The lowest BCUT2D eigenvalue weighted by atomic mass is 9.96. The SMILES string of the molecule is CC(C)C(NCc1cc(F)ccc1O)c1ccccc1. The Labute approximate surface area is 119 Å². The van der Waals surface area contributed by atoms with Crippen molar-refractivity contribution in [2.45, 2.75) is 26.4 Å². The van der Waals surface area contributed by atoms with E-state index >= 15 is 0 Å². The lowest BCUT2D eigenvalue weighted by Gasteiger charge is -2.23. The number of aromatic hydroxyl groups is 1. The molecule has 3 heteroatoms. The third-order valence-electron chi connectivity index (χ3n) is 3.38. The van der Waals surface area contributed by atoms with Gasteiger partial charge in [-0.05, 0) is 29.7 Å². The highest BCUT2D eigenvalue weighted by Crippen LogP contribution is 2.24. The summed E-state index contributed by atoms with van der Waals surface area (Å²) in [5.41, 5.74) is 1.77. The van der Waals surface area contributed by atoms with Crippen molar-refractivity contribution in [2.75, 3.05) is 0 Å². The Kier molecular flexibility index (Phi) is 4.74. The van der Waals surface area contributed by atoms with Crippen LogP contribution in [0.5, 0.6) is 5.75 Å². The first kappa shape index (κ1) is 14.5. The summed E-state index contributed by atoms with van der Waals surface area (Å²) >= 11 is 0. The quantitative estimate of drug-likeness (QED) is 0.862. The maximum atomic E-state index is 13.2. The second-order valence-corrected chi connectivity index (χ2v) is 5.29. The molecule has 106 valence electrons. The minimum Gasteiger partial charge on any atom is -0.508 e. The molecule has 0 spiro atoms. The summed E-state index contributed by atoms with van der Waals surface area (Å²) < 4.78 is 13.2. The van der Waals surface area contributed by atoms with Gasteiger partial charge in [0.1, 0.15) is 11.6 Å². The molecule has 20 heavy (non-hydrogen) atoms. The number of hydrogen-bond donors (Lipinski definition) is 2. The second kappa shape index (κ2) is 6.53. The van der Waals surface area contributed by atoms with E-state index in [1.54, 1.807) is 0 Å². The van der Waals surface area contributed by atoms with Gasteiger partial charge >= 0.3 is 0 Å². The number of nitrogens with one attached hydrogen (secondary N) is 1. The predicted molar refractivity (Wildman–Crippen MR) is 78.9 cm³/mol. The molecule has 2 aromatic rings. The minimum absolute atomic E-state index is 0.120. The van der Waals surface area contributed by atoms with Crippen LogP contribution in [0.3, 0.4) is 0 Å². The lowest BCUT2D eigenvalue weighted by molar-refractivity contribution is 0.401. The van der Waals surface area contributed by atoms with Gasteiger partial charge in [0.05, 0.1) is 0 Å². The monoisotopic (exact) mass is 273 g/mol. The van der Waals surface area contributed by atoms with Gasteiger partial charge in [0.25, 0.3) is 0 Å². The van der Waals surface area contributed by atoms with Gasteiger partial charge in [0.15, 0.2) is 0 Å². The first-order valence-electron chi connectivity index (χ1n) is 6.83. The van der Waals surface area contributed by atoms with Crippen molar-refractivity contribution < 1.29 is 9.50 Å². The molecule has 2 N–H and O–H groups in total. The fourth-order valence-electron chi connectivity index (χ4n) is 2.31. The highest BCUT2D eigenvalue weighted by molar-refractivity contribution is 5.32. The molecular formula is C17H20FNO. The van der Waals surface area contributed by atoms with Gasteiger partial charge in [0.2, 0.25) is 0 Å². The van der Waals surface area contributed by atoms with E-state index in [1.165, 1.54) is 23.8 Å². The molecule has 2 rings (SSSR count). The molecule has 0 aromatic heterocycles. The van der Waals surface area contributed by atoms with Gasteiger partial charge in [-0.1, -0.05) is 44.2 Å². The van der Waals surface area contributed by atoms with Crippen LogP contribution in [0.1, 0.15) is 31.0 Å². The van der Waals surface area contributed by atoms with Crippen molar-refractivity contribution in [3.63, 3.8) is 0 Å². The normalized spacial score (nSPS) is 12.6. The van der Waals surface area contributed by atoms with Crippen LogP contribution in [0.2, 0.25) is 0 Å². The van der Waals surface area contributed by atoms with Crippen LogP contribution in [-0.2, 0) is 6.54 Å². The van der Waals surface area contributed by atoms with Crippen LogP contribution in [0.4, 0.5) is 4.39 Å². The van der Waals surface area contributed by atoms with Gasteiger partial charge in [-0.25, -0.2) is 4.39 Å². The third kappa shape index (κ3) is 3.58. The van der Waals surface area contributed by atoms with Crippen LogP contribution >= 0.6 is 0 Å². The molecule has 0 aliphatic rings. The average molecular weight is 273 g/mol. The Morgan fingerprint density at radius 1 is 1.10 bits per heavy atom. The molecule has 0 radical (unpaired) electrons. The van der Waals surface area contributed by atoms with Crippen molar-refractivity contribution in [2.24, 2.45) is 5.92 Å². The summed E-state index contributed by atoms with van der Waals surface area (Å²) in [5, 5.41) is 13.1. The summed E-state index contributed by atoms with van der Waals surface area (Å²) in [6, 6.07) is 14.3. The maximum absolute atomic E-state index is 13.2. The van der Waals surface area contributed by atoms with E-state index in [0.717, 1.165) is 0 Å². The van der Waals surface area contributed by atoms with E-state index in [-0.39, 0.29) is 17.6 Å². The zero-order chi connectivity index (χ0) is 14.5.